The first kappa shape index (κ1) is 14.5. The molecule has 0 heterocycles. The van der Waals surface area contributed by atoms with Crippen LogP contribution in [0.2, 0.25) is 0 Å². The molecule has 0 fully saturated rings. The zero-order valence-electron chi connectivity index (χ0n) is 9.36. The molecule has 1 radical (unpaired) electrons. The molecule has 0 aliphatic carbocycles. The molecule has 0 amide bonds. The Kier molecular flexibility index (Phi) is 6.65. The zero-order valence-corrected chi connectivity index (χ0v) is 11.4. The summed E-state index contributed by atoms with van der Waals surface area (Å²) >= 11 is 0. The first-order valence-corrected chi connectivity index (χ1v) is 4.56. The molecule has 1 rings (SSSR count). The number of hydrogen-bond acceptors (Lipinski definition) is 3. The molecule has 0 aliphatic heterocycles. The quantitative estimate of drug-likeness (QED) is 0.620. The third-order valence-electron chi connectivity index (χ3n) is 1.67. The van der Waals surface area contributed by atoms with Crippen molar-refractivity contribution in [1.29, 1.82) is 0 Å². The third-order valence-corrected chi connectivity index (χ3v) is 1.67. The topological polar surface area (TPSA) is 46.5 Å². The summed E-state index contributed by atoms with van der Waals surface area (Å²) in [6, 6.07) is 6.35. The number of esters is 1. The summed E-state index contributed by atoms with van der Waals surface area (Å²) in [5, 5.41) is 9.35. The van der Waals surface area contributed by atoms with Gasteiger partial charge in [0.05, 0.1) is 6.61 Å². The molecular formula is C11H14NaO3. The fourth-order valence-corrected chi connectivity index (χ4v) is 0.966. The fourth-order valence-electron chi connectivity index (χ4n) is 0.966. The van der Waals surface area contributed by atoms with Gasteiger partial charge in [0.2, 0.25) is 0 Å². The van der Waals surface area contributed by atoms with E-state index in [1.54, 1.807) is 12.1 Å². The van der Waals surface area contributed by atoms with Crippen molar-refractivity contribution in [1.82, 2.24) is 0 Å². The van der Waals surface area contributed by atoms with Gasteiger partial charge in [0, 0.05) is 29.6 Å². The predicted octanol–water partition coefficient (Wildman–Crippen LogP) is 1.82. The van der Waals surface area contributed by atoms with Gasteiger partial charge in [0.25, 0.3) is 0 Å². The second kappa shape index (κ2) is 6.88. The molecule has 0 aliphatic rings. The number of phenolic OH excluding ortho intramolecular Hbond substituents is 1. The van der Waals surface area contributed by atoms with E-state index in [2.05, 4.69) is 0 Å². The molecule has 0 saturated carbocycles. The van der Waals surface area contributed by atoms with E-state index < -0.39 is 5.97 Å². The van der Waals surface area contributed by atoms with Crippen LogP contribution >= 0.6 is 0 Å². The van der Waals surface area contributed by atoms with Crippen molar-refractivity contribution in [3.63, 3.8) is 0 Å². The SMILES string of the molecule is CC(C)COC(=O)c1ccccc1O.[Na]. The second-order valence-corrected chi connectivity index (χ2v) is 3.51. The number of hydrogen-bond donors (Lipinski definition) is 1. The van der Waals surface area contributed by atoms with Crippen molar-refractivity contribution in [3.8, 4) is 5.75 Å². The number of carbonyl (C=O) groups is 1. The van der Waals surface area contributed by atoms with Gasteiger partial charge in [-0.2, -0.15) is 0 Å². The van der Waals surface area contributed by atoms with E-state index in [0.717, 1.165) is 0 Å². The minimum absolute atomic E-state index is 0. The summed E-state index contributed by atoms with van der Waals surface area (Å²) in [6.07, 6.45) is 0. The molecule has 1 aromatic rings. The number of carbonyl (C=O) groups excluding carboxylic acids is 1. The van der Waals surface area contributed by atoms with Gasteiger partial charge in [0.15, 0.2) is 0 Å². The molecule has 1 aromatic carbocycles. The number of rotatable bonds is 3. The summed E-state index contributed by atoms with van der Waals surface area (Å²) < 4.78 is 4.97. The van der Waals surface area contributed by atoms with Crippen LogP contribution in [0.4, 0.5) is 0 Å². The minimum atomic E-state index is -0.475. The van der Waals surface area contributed by atoms with Crippen LogP contribution in [0.5, 0.6) is 5.75 Å². The van der Waals surface area contributed by atoms with Gasteiger partial charge < -0.3 is 9.84 Å². The molecule has 0 atom stereocenters. The van der Waals surface area contributed by atoms with Gasteiger partial charge in [-0.15, -0.1) is 0 Å². The molecular weight excluding hydrogens is 203 g/mol. The monoisotopic (exact) mass is 217 g/mol. The van der Waals surface area contributed by atoms with Crippen LogP contribution < -0.4 is 0 Å². The van der Waals surface area contributed by atoms with E-state index in [4.69, 9.17) is 4.74 Å². The van der Waals surface area contributed by atoms with Crippen LogP contribution in [-0.4, -0.2) is 47.2 Å². The Balaban J connectivity index is 0.00000196. The second-order valence-electron chi connectivity index (χ2n) is 3.51. The van der Waals surface area contributed by atoms with Gasteiger partial charge in [-0.05, 0) is 18.1 Å². The van der Waals surface area contributed by atoms with Crippen molar-refractivity contribution >= 4 is 35.5 Å². The van der Waals surface area contributed by atoms with Gasteiger partial charge >= 0.3 is 5.97 Å². The molecule has 0 unspecified atom stereocenters. The Morgan fingerprint density at radius 2 is 2.00 bits per heavy atom. The van der Waals surface area contributed by atoms with Crippen LogP contribution in [-0.2, 0) is 4.74 Å². The summed E-state index contributed by atoms with van der Waals surface area (Å²) in [4.78, 5) is 11.4. The summed E-state index contributed by atoms with van der Waals surface area (Å²) in [5.74, 6) is -0.220. The van der Waals surface area contributed by atoms with E-state index in [1.165, 1.54) is 12.1 Å². The van der Waals surface area contributed by atoms with Crippen molar-refractivity contribution in [2.45, 2.75) is 13.8 Å². The Bertz CT molecular complexity index is 323. The van der Waals surface area contributed by atoms with Gasteiger partial charge in [-0.1, -0.05) is 26.0 Å². The summed E-state index contributed by atoms with van der Waals surface area (Å²) in [7, 11) is 0. The van der Waals surface area contributed by atoms with E-state index in [0.29, 0.717) is 12.5 Å². The van der Waals surface area contributed by atoms with E-state index in [1.807, 2.05) is 13.8 Å². The number of phenols is 1. The van der Waals surface area contributed by atoms with Crippen molar-refractivity contribution in [3.05, 3.63) is 29.8 Å². The number of para-hydroxylation sites is 1. The number of ether oxygens (including phenoxy) is 1. The van der Waals surface area contributed by atoms with Crippen LogP contribution in [0.15, 0.2) is 24.3 Å². The third kappa shape index (κ3) is 4.69. The van der Waals surface area contributed by atoms with Gasteiger partial charge in [-0.25, -0.2) is 4.79 Å². The molecule has 1 N–H and O–H groups in total. The molecule has 15 heavy (non-hydrogen) atoms. The number of aromatic hydroxyl groups is 1. The van der Waals surface area contributed by atoms with Crippen molar-refractivity contribution in [2.24, 2.45) is 5.92 Å². The molecule has 3 nitrogen and oxygen atoms in total. The summed E-state index contributed by atoms with van der Waals surface area (Å²) in [6.45, 7) is 4.28. The van der Waals surface area contributed by atoms with Crippen LogP contribution in [0.25, 0.3) is 0 Å². The first-order valence-electron chi connectivity index (χ1n) is 4.56. The van der Waals surface area contributed by atoms with Crippen LogP contribution in [0.3, 0.4) is 0 Å². The normalized spacial score (nSPS) is 9.53. The van der Waals surface area contributed by atoms with Gasteiger partial charge in [-0.3, -0.25) is 0 Å². The van der Waals surface area contributed by atoms with E-state index in [9.17, 15) is 9.90 Å². The van der Waals surface area contributed by atoms with E-state index in [-0.39, 0.29) is 40.9 Å². The van der Waals surface area contributed by atoms with Crippen LogP contribution in [0, 0.1) is 5.92 Å². The average molecular weight is 217 g/mol. The smallest absolute Gasteiger partial charge is 0.341 e. The van der Waals surface area contributed by atoms with Crippen molar-refractivity contribution < 1.29 is 14.6 Å². The Hall–Kier alpha value is -0.510. The number of benzene rings is 1. The molecule has 0 saturated heterocycles. The standard InChI is InChI=1S/C11H14O3.Na/c1-8(2)7-14-11(13)9-5-3-4-6-10(9)12;/h3-6,8,12H,7H2,1-2H3;. The minimum Gasteiger partial charge on any atom is -0.507 e. The fraction of sp³-hybridized carbons (Fsp3) is 0.364. The first-order chi connectivity index (χ1) is 6.61. The molecule has 0 aromatic heterocycles. The van der Waals surface area contributed by atoms with E-state index >= 15 is 0 Å². The van der Waals surface area contributed by atoms with Gasteiger partial charge in [0.1, 0.15) is 11.3 Å². The van der Waals surface area contributed by atoms with Crippen LogP contribution in [0.1, 0.15) is 24.2 Å². The Labute approximate surface area is 112 Å². The molecule has 0 bridgehead atoms. The maximum Gasteiger partial charge on any atom is 0.341 e. The maximum atomic E-state index is 11.4. The predicted molar refractivity (Wildman–Crippen MR) is 59.0 cm³/mol. The Morgan fingerprint density at radius 1 is 1.40 bits per heavy atom. The maximum absolute atomic E-state index is 11.4. The Morgan fingerprint density at radius 3 is 2.53 bits per heavy atom. The zero-order chi connectivity index (χ0) is 10.6. The summed E-state index contributed by atoms with van der Waals surface area (Å²) in [5.41, 5.74) is 0.216. The molecule has 77 valence electrons. The average Bonchev–Trinajstić information content (AvgIpc) is 2.15. The van der Waals surface area contributed by atoms with Crippen molar-refractivity contribution in [2.75, 3.05) is 6.61 Å². The molecule has 4 heteroatoms. The largest absolute Gasteiger partial charge is 0.507 e. The molecule has 0 spiro atoms.